The van der Waals surface area contributed by atoms with Gasteiger partial charge in [0.25, 0.3) is 0 Å². The van der Waals surface area contributed by atoms with E-state index < -0.39 is 0 Å². The zero-order valence-electron chi connectivity index (χ0n) is 13.3. The summed E-state index contributed by atoms with van der Waals surface area (Å²) in [7, 11) is 1.60. The van der Waals surface area contributed by atoms with E-state index in [4.69, 9.17) is 31.5 Å². The van der Waals surface area contributed by atoms with Crippen LogP contribution in [0.5, 0.6) is 11.5 Å². The van der Waals surface area contributed by atoms with E-state index in [1.54, 1.807) is 7.11 Å². The largest absolute Gasteiger partial charge is 0.493 e. The third-order valence-corrected chi connectivity index (χ3v) is 3.05. The molecule has 5 heteroatoms. The normalized spacial score (nSPS) is 12.5. The highest BCUT2D eigenvalue weighted by Gasteiger charge is 2.13. The molecule has 0 saturated heterocycles. The molecule has 0 aliphatic carbocycles. The summed E-state index contributed by atoms with van der Waals surface area (Å²) >= 11 is 6.27. The molecule has 1 rings (SSSR count). The topological polar surface area (TPSA) is 53.7 Å². The van der Waals surface area contributed by atoms with Gasteiger partial charge in [-0.3, -0.25) is 0 Å². The summed E-state index contributed by atoms with van der Waals surface area (Å²) in [6.45, 7) is 7.86. The van der Waals surface area contributed by atoms with E-state index in [1.807, 2.05) is 19.1 Å². The summed E-state index contributed by atoms with van der Waals surface area (Å²) in [5, 5.41) is 0.536. The zero-order valence-corrected chi connectivity index (χ0v) is 14.1. The molecule has 1 atom stereocenters. The summed E-state index contributed by atoms with van der Waals surface area (Å²) in [4.78, 5) is 0. The van der Waals surface area contributed by atoms with E-state index in [0.29, 0.717) is 35.7 Å². The Morgan fingerprint density at radius 3 is 2.48 bits per heavy atom. The van der Waals surface area contributed by atoms with E-state index in [1.165, 1.54) is 0 Å². The quantitative estimate of drug-likeness (QED) is 0.710. The Balaban J connectivity index is 2.64. The van der Waals surface area contributed by atoms with Crippen LogP contribution in [0.3, 0.4) is 0 Å². The molecule has 0 spiro atoms. The average molecular weight is 316 g/mol. The van der Waals surface area contributed by atoms with Crippen LogP contribution in [0.4, 0.5) is 0 Å². The highest BCUT2D eigenvalue weighted by atomic mass is 35.5. The predicted molar refractivity (Wildman–Crippen MR) is 86.5 cm³/mol. The molecule has 120 valence electrons. The van der Waals surface area contributed by atoms with Crippen LogP contribution in [0.1, 0.15) is 26.3 Å². The molecule has 1 unspecified atom stereocenters. The minimum absolute atomic E-state index is 0.0713. The highest BCUT2D eigenvalue weighted by molar-refractivity contribution is 6.32. The van der Waals surface area contributed by atoms with Crippen molar-refractivity contribution < 1.29 is 14.2 Å². The molecular formula is C16H26ClNO3. The number of halogens is 1. The van der Waals surface area contributed by atoms with Crippen LogP contribution in [-0.4, -0.2) is 33.0 Å². The second-order valence-electron chi connectivity index (χ2n) is 5.61. The van der Waals surface area contributed by atoms with E-state index >= 15 is 0 Å². The molecular weight excluding hydrogens is 290 g/mol. The molecule has 0 aliphatic heterocycles. The lowest BCUT2D eigenvalue weighted by Crippen LogP contribution is -2.17. The number of methoxy groups -OCH3 is 1. The fourth-order valence-corrected chi connectivity index (χ4v) is 2.21. The Bertz CT molecular complexity index is 436. The van der Waals surface area contributed by atoms with Gasteiger partial charge in [0.05, 0.1) is 18.7 Å². The van der Waals surface area contributed by atoms with Crippen LogP contribution in [0.25, 0.3) is 0 Å². The monoisotopic (exact) mass is 315 g/mol. The first-order valence-corrected chi connectivity index (χ1v) is 7.64. The fraction of sp³-hybridized carbons (Fsp3) is 0.625. The van der Waals surface area contributed by atoms with E-state index in [0.717, 1.165) is 18.6 Å². The van der Waals surface area contributed by atoms with Gasteiger partial charge in [-0.2, -0.15) is 0 Å². The van der Waals surface area contributed by atoms with Crippen molar-refractivity contribution in [3.63, 3.8) is 0 Å². The standard InChI is InChI=1S/C16H26ClNO3/c1-11(2)10-20-5-6-21-16-14(17)8-13(7-12(3)18)9-15(16)19-4/h8-9,11-12H,5-7,10,18H2,1-4H3. The Morgan fingerprint density at radius 2 is 1.90 bits per heavy atom. The molecule has 4 nitrogen and oxygen atoms in total. The van der Waals surface area contributed by atoms with Crippen LogP contribution in [-0.2, 0) is 11.2 Å². The first-order valence-electron chi connectivity index (χ1n) is 7.26. The number of hydrogen-bond acceptors (Lipinski definition) is 4. The number of benzene rings is 1. The van der Waals surface area contributed by atoms with E-state index in [-0.39, 0.29) is 6.04 Å². The summed E-state index contributed by atoms with van der Waals surface area (Å²) in [6, 6.07) is 3.86. The van der Waals surface area contributed by atoms with Gasteiger partial charge in [-0.25, -0.2) is 0 Å². The molecule has 0 fully saturated rings. The fourth-order valence-electron chi connectivity index (χ4n) is 1.92. The first kappa shape index (κ1) is 18.1. The van der Waals surface area contributed by atoms with Gasteiger partial charge in [-0.1, -0.05) is 25.4 Å². The summed E-state index contributed by atoms with van der Waals surface area (Å²) in [5.74, 6) is 1.70. The van der Waals surface area contributed by atoms with Gasteiger partial charge in [0, 0.05) is 12.6 Å². The first-order chi connectivity index (χ1) is 9.93. The van der Waals surface area contributed by atoms with Crippen molar-refractivity contribution in [3.05, 3.63) is 22.7 Å². The molecule has 0 aromatic heterocycles. The molecule has 0 amide bonds. The van der Waals surface area contributed by atoms with Crippen molar-refractivity contribution in [1.29, 1.82) is 0 Å². The van der Waals surface area contributed by atoms with Gasteiger partial charge < -0.3 is 19.9 Å². The van der Waals surface area contributed by atoms with Crippen LogP contribution in [0, 0.1) is 5.92 Å². The minimum atomic E-state index is 0.0713. The van der Waals surface area contributed by atoms with Gasteiger partial charge in [0.1, 0.15) is 6.61 Å². The number of nitrogens with two attached hydrogens (primary N) is 1. The molecule has 0 bridgehead atoms. The van der Waals surface area contributed by atoms with Crippen molar-refractivity contribution >= 4 is 11.6 Å². The predicted octanol–water partition coefficient (Wildman–Crippen LogP) is 3.29. The van der Waals surface area contributed by atoms with Crippen LogP contribution < -0.4 is 15.2 Å². The number of hydrogen-bond donors (Lipinski definition) is 1. The van der Waals surface area contributed by atoms with Crippen molar-refractivity contribution in [2.75, 3.05) is 26.9 Å². The van der Waals surface area contributed by atoms with Gasteiger partial charge >= 0.3 is 0 Å². The maximum Gasteiger partial charge on any atom is 0.179 e. The van der Waals surface area contributed by atoms with Crippen molar-refractivity contribution in [2.45, 2.75) is 33.2 Å². The molecule has 21 heavy (non-hydrogen) atoms. The molecule has 2 N–H and O–H groups in total. The molecule has 1 aromatic carbocycles. The highest BCUT2D eigenvalue weighted by Crippen LogP contribution is 2.36. The Kier molecular flexibility index (Phi) is 7.86. The van der Waals surface area contributed by atoms with Gasteiger partial charge in [0.2, 0.25) is 0 Å². The van der Waals surface area contributed by atoms with Crippen LogP contribution in [0.2, 0.25) is 5.02 Å². The average Bonchev–Trinajstić information content (AvgIpc) is 2.38. The minimum Gasteiger partial charge on any atom is -0.493 e. The molecule has 0 saturated carbocycles. The lowest BCUT2D eigenvalue weighted by Gasteiger charge is -2.15. The van der Waals surface area contributed by atoms with Crippen molar-refractivity contribution in [1.82, 2.24) is 0 Å². The van der Waals surface area contributed by atoms with Gasteiger partial charge in [0.15, 0.2) is 11.5 Å². The van der Waals surface area contributed by atoms with Crippen LogP contribution in [0.15, 0.2) is 12.1 Å². The Morgan fingerprint density at radius 1 is 1.19 bits per heavy atom. The maximum absolute atomic E-state index is 6.27. The second-order valence-corrected chi connectivity index (χ2v) is 6.01. The third kappa shape index (κ3) is 6.55. The zero-order chi connectivity index (χ0) is 15.8. The van der Waals surface area contributed by atoms with E-state index in [9.17, 15) is 0 Å². The second kappa shape index (κ2) is 9.13. The lowest BCUT2D eigenvalue weighted by atomic mass is 10.1. The maximum atomic E-state index is 6.27. The number of rotatable bonds is 9. The molecule has 0 aliphatic rings. The third-order valence-electron chi connectivity index (χ3n) is 2.77. The van der Waals surface area contributed by atoms with Gasteiger partial charge in [-0.15, -0.1) is 0 Å². The smallest absolute Gasteiger partial charge is 0.179 e. The SMILES string of the molecule is COc1cc(CC(C)N)cc(Cl)c1OCCOCC(C)C. The molecule has 1 aromatic rings. The summed E-state index contributed by atoms with van der Waals surface area (Å²) in [5.41, 5.74) is 6.85. The van der Waals surface area contributed by atoms with Crippen molar-refractivity contribution in [3.8, 4) is 11.5 Å². The lowest BCUT2D eigenvalue weighted by molar-refractivity contribution is 0.0811. The van der Waals surface area contributed by atoms with Gasteiger partial charge in [-0.05, 0) is 37.0 Å². The summed E-state index contributed by atoms with van der Waals surface area (Å²) < 4.78 is 16.5. The van der Waals surface area contributed by atoms with E-state index in [2.05, 4.69) is 13.8 Å². The Labute approximate surface area is 132 Å². The molecule has 0 heterocycles. The van der Waals surface area contributed by atoms with Crippen molar-refractivity contribution in [2.24, 2.45) is 11.7 Å². The Hall–Kier alpha value is -0.970. The summed E-state index contributed by atoms with van der Waals surface area (Å²) in [6.07, 6.45) is 0.744. The van der Waals surface area contributed by atoms with Crippen LogP contribution >= 0.6 is 11.6 Å². The molecule has 0 radical (unpaired) electrons. The number of ether oxygens (including phenoxy) is 3.